The zero-order valence-corrected chi connectivity index (χ0v) is 17.5. The predicted octanol–water partition coefficient (Wildman–Crippen LogP) is 2.47. The summed E-state index contributed by atoms with van der Waals surface area (Å²) in [6.45, 7) is 1.32. The maximum absolute atomic E-state index is 12.6. The Labute approximate surface area is 181 Å². The molecule has 160 valence electrons. The number of hydrogen-bond donors (Lipinski definition) is 2. The number of carbonyl (C=O) groups is 1. The third-order valence-electron chi connectivity index (χ3n) is 6.19. The van der Waals surface area contributed by atoms with Crippen LogP contribution in [0.5, 0.6) is 0 Å². The van der Waals surface area contributed by atoms with Crippen LogP contribution in [-0.4, -0.2) is 48.5 Å². The van der Waals surface area contributed by atoms with Gasteiger partial charge in [0.2, 0.25) is 11.9 Å². The van der Waals surface area contributed by atoms with Crippen LogP contribution in [0.1, 0.15) is 47.5 Å². The van der Waals surface area contributed by atoms with Crippen LogP contribution in [0.3, 0.4) is 0 Å². The van der Waals surface area contributed by atoms with Gasteiger partial charge in [-0.1, -0.05) is 24.3 Å². The lowest BCUT2D eigenvalue weighted by molar-refractivity contribution is -0.132. The third-order valence-corrected chi connectivity index (χ3v) is 6.19. The van der Waals surface area contributed by atoms with E-state index in [1.165, 1.54) is 17.5 Å². The van der Waals surface area contributed by atoms with Gasteiger partial charge in [0.25, 0.3) is 0 Å². The van der Waals surface area contributed by atoms with E-state index in [-0.39, 0.29) is 5.91 Å². The number of aryl methyl sites for hydroxylation is 1. The molecule has 1 aliphatic heterocycles. The highest BCUT2D eigenvalue weighted by Crippen LogP contribution is 2.24. The first-order chi connectivity index (χ1) is 15.2. The fourth-order valence-corrected chi connectivity index (χ4v) is 4.52. The largest absolute Gasteiger partial charge is 0.351 e. The van der Waals surface area contributed by atoms with Gasteiger partial charge in [-0.15, -0.1) is 0 Å². The normalized spacial score (nSPS) is 15.5. The van der Waals surface area contributed by atoms with E-state index in [9.17, 15) is 4.79 Å². The summed E-state index contributed by atoms with van der Waals surface area (Å²) in [6, 6.07) is 8.93. The zero-order valence-electron chi connectivity index (χ0n) is 17.5. The van der Waals surface area contributed by atoms with Crippen molar-refractivity contribution in [3.63, 3.8) is 0 Å². The molecule has 2 N–H and O–H groups in total. The first kappa shape index (κ1) is 19.7. The summed E-state index contributed by atoms with van der Waals surface area (Å²) in [5.41, 5.74) is 4.93. The summed E-state index contributed by atoms with van der Waals surface area (Å²) < 4.78 is 0. The number of nitrogens with one attached hydrogen (secondary N) is 2. The van der Waals surface area contributed by atoms with Gasteiger partial charge in [-0.3, -0.25) is 9.89 Å². The van der Waals surface area contributed by atoms with Gasteiger partial charge in [0, 0.05) is 50.2 Å². The topological polar surface area (TPSA) is 99.7 Å². The van der Waals surface area contributed by atoms with Crippen molar-refractivity contribution in [3.05, 3.63) is 65.0 Å². The van der Waals surface area contributed by atoms with E-state index >= 15 is 0 Å². The van der Waals surface area contributed by atoms with Gasteiger partial charge in [0.05, 0.1) is 5.69 Å². The predicted molar refractivity (Wildman–Crippen MR) is 116 cm³/mol. The molecule has 0 unspecified atom stereocenters. The highest BCUT2D eigenvalue weighted by molar-refractivity contribution is 5.76. The van der Waals surface area contributed by atoms with Gasteiger partial charge in [-0.2, -0.15) is 5.10 Å². The molecule has 0 fully saturated rings. The number of carbonyl (C=O) groups excluding carboxylic acids is 1. The van der Waals surface area contributed by atoms with Crippen LogP contribution in [0.15, 0.2) is 36.8 Å². The van der Waals surface area contributed by atoms with Crippen molar-refractivity contribution < 1.29 is 4.79 Å². The van der Waals surface area contributed by atoms with E-state index in [1.807, 2.05) is 11.1 Å². The molecule has 31 heavy (non-hydrogen) atoms. The van der Waals surface area contributed by atoms with Crippen LogP contribution in [0.2, 0.25) is 0 Å². The molecular weight excluding hydrogens is 390 g/mol. The second kappa shape index (κ2) is 8.83. The maximum atomic E-state index is 12.6. The first-order valence-corrected chi connectivity index (χ1v) is 11.0. The molecule has 3 heterocycles. The van der Waals surface area contributed by atoms with Crippen molar-refractivity contribution in [1.82, 2.24) is 30.0 Å². The lowest BCUT2D eigenvalue weighted by Crippen LogP contribution is -2.36. The van der Waals surface area contributed by atoms with Crippen LogP contribution in [0, 0.1) is 0 Å². The first-order valence-electron chi connectivity index (χ1n) is 11.0. The minimum atomic E-state index is 0.203. The van der Waals surface area contributed by atoms with Crippen LogP contribution in [-0.2, 0) is 37.0 Å². The molecule has 8 heteroatoms. The maximum Gasteiger partial charge on any atom is 0.223 e. The number of aromatic nitrogens is 5. The Morgan fingerprint density at radius 1 is 1.13 bits per heavy atom. The van der Waals surface area contributed by atoms with Crippen molar-refractivity contribution >= 4 is 11.9 Å². The van der Waals surface area contributed by atoms with Gasteiger partial charge in [0.1, 0.15) is 12.2 Å². The average Bonchev–Trinajstić information content (AvgIpc) is 3.45. The molecule has 2 aliphatic rings. The zero-order chi connectivity index (χ0) is 21.0. The number of amides is 1. The molecular formula is C23H27N7O. The van der Waals surface area contributed by atoms with Gasteiger partial charge in [0.15, 0.2) is 0 Å². The van der Waals surface area contributed by atoms with Gasteiger partial charge in [-0.25, -0.2) is 15.0 Å². The highest BCUT2D eigenvalue weighted by atomic mass is 16.2. The van der Waals surface area contributed by atoms with Crippen LogP contribution < -0.4 is 5.32 Å². The van der Waals surface area contributed by atoms with Crippen molar-refractivity contribution in [2.24, 2.45) is 0 Å². The monoisotopic (exact) mass is 417 g/mol. The van der Waals surface area contributed by atoms with Crippen LogP contribution in [0.25, 0.3) is 0 Å². The number of anilines is 1. The van der Waals surface area contributed by atoms with E-state index in [1.54, 1.807) is 0 Å². The van der Waals surface area contributed by atoms with Crippen molar-refractivity contribution in [2.75, 3.05) is 11.9 Å². The Hall–Kier alpha value is -3.29. The molecule has 0 spiro atoms. The molecule has 1 aromatic carbocycles. The van der Waals surface area contributed by atoms with Crippen LogP contribution in [0.4, 0.5) is 5.95 Å². The molecule has 0 atom stereocenters. The molecule has 0 saturated carbocycles. The highest BCUT2D eigenvalue weighted by Gasteiger charge is 2.24. The van der Waals surface area contributed by atoms with Gasteiger partial charge < -0.3 is 10.2 Å². The Bertz CT molecular complexity index is 1020. The second-order valence-corrected chi connectivity index (χ2v) is 8.39. The summed E-state index contributed by atoms with van der Waals surface area (Å²) in [6.07, 6.45) is 9.36. The number of hydrogen-bond acceptors (Lipinski definition) is 6. The number of rotatable bonds is 7. The molecule has 3 aromatic rings. The molecule has 1 amide bonds. The summed E-state index contributed by atoms with van der Waals surface area (Å²) in [5.74, 6) is 1.78. The molecule has 5 rings (SSSR count). The van der Waals surface area contributed by atoms with E-state index in [4.69, 9.17) is 4.98 Å². The number of benzene rings is 1. The average molecular weight is 418 g/mol. The standard InChI is InChI=1S/C23H27N7O/c31-22(8-4-3-7-21-25-15-26-29-21)30-10-9-20-18(14-30)13-24-23(28-20)27-19-11-16-5-1-2-6-17(16)12-19/h1-2,5-6,13,15,19H,3-4,7-12,14H2,(H,24,27,28)(H,25,26,29). The Morgan fingerprint density at radius 3 is 2.74 bits per heavy atom. The quantitative estimate of drug-likeness (QED) is 0.573. The number of unbranched alkanes of at least 4 members (excludes halogenated alkanes) is 1. The summed E-state index contributed by atoms with van der Waals surface area (Å²) in [7, 11) is 0. The molecule has 2 aromatic heterocycles. The summed E-state index contributed by atoms with van der Waals surface area (Å²) in [5, 5.41) is 10.2. The van der Waals surface area contributed by atoms with E-state index in [2.05, 4.69) is 49.7 Å². The molecule has 0 saturated heterocycles. The van der Waals surface area contributed by atoms with Gasteiger partial charge in [-0.05, 0) is 36.8 Å². The molecule has 1 aliphatic carbocycles. The van der Waals surface area contributed by atoms with Crippen molar-refractivity contribution in [3.8, 4) is 0 Å². The fourth-order valence-electron chi connectivity index (χ4n) is 4.52. The molecule has 0 bridgehead atoms. The van der Waals surface area contributed by atoms with Crippen LogP contribution >= 0.6 is 0 Å². The van der Waals surface area contributed by atoms with E-state index < -0.39 is 0 Å². The number of aromatic amines is 1. The minimum absolute atomic E-state index is 0.203. The number of nitrogens with zero attached hydrogens (tertiary/aromatic N) is 5. The Balaban J connectivity index is 1.12. The summed E-state index contributed by atoms with van der Waals surface area (Å²) in [4.78, 5) is 28.0. The van der Waals surface area contributed by atoms with Gasteiger partial charge >= 0.3 is 0 Å². The van der Waals surface area contributed by atoms with Crippen molar-refractivity contribution in [2.45, 2.75) is 57.5 Å². The smallest absolute Gasteiger partial charge is 0.223 e. The minimum Gasteiger partial charge on any atom is -0.351 e. The summed E-state index contributed by atoms with van der Waals surface area (Å²) >= 11 is 0. The third kappa shape index (κ3) is 4.57. The fraction of sp³-hybridized carbons (Fsp3) is 0.435. The van der Waals surface area contributed by atoms with Crippen molar-refractivity contribution in [1.29, 1.82) is 0 Å². The van der Waals surface area contributed by atoms with E-state index in [0.717, 1.165) is 62.2 Å². The Kier molecular flexibility index (Phi) is 5.60. The second-order valence-electron chi connectivity index (χ2n) is 8.39. The van der Waals surface area contributed by atoms with E-state index in [0.29, 0.717) is 25.0 Å². The molecule has 8 nitrogen and oxygen atoms in total. The lowest BCUT2D eigenvalue weighted by atomic mass is 10.1. The lowest BCUT2D eigenvalue weighted by Gasteiger charge is -2.28. The molecule has 0 radical (unpaired) electrons. The number of fused-ring (bicyclic) bond motifs is 2. The Morgan fingerprint density at radius 2 is 1.97 bits per heavy atom. The number of H-pyrrole nitrogens is 1. The SMILES string of the molecule is O=C(CCCCc1ncn[nH]1)N1CCc2nc(NC3Cc4ccccc4C3)ncc2C1.